The van der Waals surface area contributed by atoms with E-state index in [4.69, 9.17) is 4.42 Å². The summed E-state index contributed by atoms with van der Waals surface area (Å²) < 4.78 is 18.4. The number of nitrogens with zero attached hydrogens (tertiary/aromatic N) is 2. The molecule has 1 fully saturated rings. The van der Waals surface area contributed by atoms with Crippen molar-refractivity contribution < 1.29 is 18.4 Å². The Morgan fingerprint density at radius 2 is 1.79 bits per heavy atom. The minimum atomic E-state index is -0.324. The second kappa shape index (κ2) is 8.86. The van der Waals surface area contributed by atoms with Crippen LogP contribution in [0.2, 0.25) is 0 Å². The summed E-state index contributed by atoms with van der Waals surface area (Å²) >= 11 is 0. The number of hydrogen-bond acceptors (Lipinski definition) is 4. The average Bonchev–Trinajstić information content (AvgIpc) is 3.39. The topological polar surface area (TPSA) is 75.4 Å². The molecule has 2 aromatic heterocycles. The molecule has 0 unspecified atom stereocenters. The molecule has 3 heterocycles. The zero-order valence-corrected chi connectivity index (χ0v) is 17.8. The van der Waals surface area contributed by atoms with Gasteiger partial charge in [-0.25, -0.2) is 9.37 Å². The molecule has 166 valence electrons. The maximum absolute atomic E-state index is 13.4. The van der Waals surface area contributed by atoms with Gasteiger partial charge in [0.15, 0.2) is 0 Å². The molecule has 2 amide bonds. The highest BCUT2D eigenvalue weighted by atomic mass is 19.1. The smallest absolute Gasteiger partial charge is 0.257 e. The van der Waals surface area contributed by atoms with Crippen LogP contribution < -0.4 is 5.32 Å². The zero-order chi connectivity index (χ0) is 22.8. The number of fused-ring (bicyclic) bond motifs is 1. The van der Waals surface area contributed by atoms with Crippen molar-refractivity contribution in [1.82, 2.24) is 15.2 Å². The molecule has 0 bridgehead atoms. The second-order valence-corrected chi connectivity index (χ2v) is 8.13. The fraction of sp³-hybridized carbons (Fsp3) is 0.192. The van der Waals surface area contributed by atoms with Gasteiger partial charge in [-0.15, -0.1) is 0 Å². The van der Waals surface area contributed by atoms with Crippen LogP contribution in [-0.4, -0.2) is 40.8 Å². The summed E-state index contributed by atoms with van der Waals surface area (Å²) in [5.41, 5.74) is 3.11. The van der Waals surface area contributed by atoms with Crippen LogP contribution in [0.1, 0.15) is 33.6 Å². The lowest BCUT2D eigenvalue weighted by atomic mass is 10.0. The summed E-state index contributed by atoms with van der Waals surface area (Å²) in [5.74, 6) is -0.565. The van der Waals surface area contributed by atoms with Gasteiger partial charge in [-0.2, -0.15) is 0 Å². The molecule has 6 nitrogen and oxygen atoms in total. The number of carbonyl (C=O) groups excluding carboxylic acids is 2. The van der Waals surface area contributed by atoms with Crippen LogP contribution in [0.3, 0.4) is 0 Å². The number of piperidine rings is 1. The van der Waals surface area contributed by atoms with Crippen LogP contribution in [-0.2, 0) is 0 Å². The lowest BCUT2D eigenvalue weighted by Crippen LogP contribution is -2.46. The lowest BCUT2D eigenvalue weighted by Gasteiger charge is -2.32. The Labute approximate surface area is 190 Å². The quantitative estimate of drug-likeness (QED) is 0.497. The fourth-order valence-corrected chi connectivity index (χ4v) is 4.19. The Hall–Kier alpha value is -4.00. The van der Waals surface area contributed by atoms with Gasteiger partial charge in [0, 0.05) is 30.1 Å². The number of aromatic nitrogens is 1. The summed E-state index contributed by atoms with van der Waals surface area (Å²) in [6.07, 6.45) is 4.27. The highest BCUT2D eigenvalue weighted by Crippen LogP contribution is 2.25. The Morgan fingerprint density at radius 1 is 1.03 bits per heavy atom. The van der Waals surface area contributed by atoms with E-state index in [9.17, 15) is 14.0 Å². The van der Waals surface area contributed by atoms with Crippen LogP contribution in [0.15, 0.2) is 77.6 Å². The average molecular weight is 443 g/mol. The van der Waals surface area contributed by atoms with Gasteiger partial charge in [-0.1, -0.05) is 18.2 Å². The third-order valence-corrected chi connectivity index (χ3v) is 5.99. The summed E-state index contributed by atoms with van der Waals surface area (Å²) in [5, 5.41) is 3.88. The zero-order valence-electron chi connectivity index (χ0n) is 17.8. The summed E-state index contributed by atoms with van der Waals surface area (Å²) in [6, 6.07) is 16.9. The van der Waals surface area contributed by atoms with E-state index in [-0.39, 0.29) is 23.7 Å². The van der Waals surface area contributed by atoms with Crippen molar-refractivity contribution in [2.75, 3.05) is 13.1 Å². The van der Waals surface area contributed by atoms with E-state index in [0.717, 1.165) is 10.9 Å². The van der Waals surface area contributed by atoms with Gasteiger partial charge in [0.1, 0.15) is 12.1 Å². The van der Waals surface area contributed by atoms with Gasteiger partial charge in [-0.05, 0) is 55.3 Å². The number of benzene rings is 2. The number of hydrogen-bond donors (Lipinski definition) is 1. The maximum Gasteiger partial charge on any atom is 0.257 e. The van der Waals surface area contributed by atoms with Gasteiger partial charge in [0.05, 0.1) is 28.6 Å². The molecule has 1 aliphatic heterocycles. The summed E-state index contributed by atoms with van der Waals surface area (Å²) in [7, 11) is 0. The first kappa shape index (κ1) is 20.9. The molecule has 0 aliphatic carbocycles. The van der Waals surface area contributed by atoms with E-state index in [0.29, 0.717) is 48.3 Å². The Balaban J connectivity index is 1.34. The molecule has 0 atom stereocenters. The van der Waals surface area contributed by atoms with Gasteiger partial charge in [-0.3, -0.25) is 9.59 Å². The van der Waals surface area contributed by atoms with E-state index in [2.05, 4.69) is 10.3 Å². The normalized spacial score (nSPS) is 14.4. The molecule has 1 saturated heterocycles. The predicted octanol–water partition coefficient (Wildman–Crippen LogP) is 4.67. The van der Waals surface area contributed by atoms with Gasteiger partial charge in [0.25, 0.3) is 11.8 Å². The van der Waals surface area contributed by atoms with E-state index >= 15 is 0 Å². The van der Waals surface area contributed by atoms with Crippen molar-refractivity contribution in [2.45, 2.75) is 18.9 Å². The number of halogens is 1. The lowest BCUT2D eigenvalue weighted by molar-refractivity contribution is 0.0697. The number of rotatable bonds is 4. The molecular weight excluding hydrogens is 421 g/mol. The fourth-order valence-electron chi connectivity index (χ4n) is 4.19. The largest absolute Gasteiger partial charge is 0.472 e. The molecule has 33 heavy (non-hydrogen) atoms. The molecule has 0 radical (unpaired) electrons. The van der Waals surface area contributed by atoms with Crippen molar-refractivity contribution in [2.24, 2.45) is 0 Å². The standard InChI is InChI=1S/C26H22FN3O3/c27-19-7-5-17(6-8-19)24-15-22(21-3-1-2-4-23(21)29-24)25(31)28-20-9-12-30(13-10-20)26(32)18-11-14-33-16-18/h1-8,11,14-16,20H,9-10,12-13H2,(H,28,31). The summed E-state index contributed by atoms with van der Waals surface area (Å²) in [4.78, 5) is 32.2. The van der Waals surface area contributed by atoms with Crippen LogP contribution in [0, 0.1) is 5.82 Å². The molecule has 5 rings (SSSR count). The highest BCUT2D eigenvalue weighted by molar-refractivity contribution is 6.07. The van der Waals surface area contributed by atoms with Crippen molar-refractivity contribution in [1.29, 1.82) is 0 Å². The molecular formula is C26H22FN3O3. The van der Waals surface area contributed by atoms with Crippen molar-refractivity contribution in [3.63, 3.8) is 0 Å². The number of pyridine rings is 1. The minimum Gasteiger partial charge on any atom is -0.472 e. The number of likely N-dealkylation sites (tertiary alicyclic amines) is 1. The van der Waals surface area contributed by atoms with Crippen LogP contribution in [0.5, 0.6) is 0 Å². The molecule has 0 spiro atoms. The van der Waals surface area contributed by atoms with Gasteiger partial charge in [0.2, 0.25) is 0 Å². The first-order valence-electron chi connectivity index (χ1n) is 10.9. The molecule has 2 aromatic carbocycles. The monoisotopic (exact) mass is 443 g/mol. The molecule has 1 aliphatic rings. The van der Waals surface area contributed by atoms with E-state index in [1.54, 1.807) is 29.2 Å². The second-order valence-electron chi connectivity index (χ2n) is 8.13. The maximum atomic E-state index is 13.4. The van der Waals surface area contributed by atoms with Crippen LogP contribution >= 0.6 is 0 Å². The van der Waals surface area contributed by atoms with Gasteiger partial charge < -0.3 is 14.6 Å². The van der Waals surface area contributed by atoms with Crippen molar-refractivity contribution >= 4 is 22.7 Å². The van der Waals surface area contributed by atoms with Crippen LogP contribution in [0.4, 0.5) is 4.39 Å². The Bertz CT molecular complexity index is 1290. The summed E-state index contributed by atoms with van der Waals surface area (Å²) in [6.45, 7) is 1.12. The van der Waals surface area contributed by atoms with Crippen molar-refractivity contribution in [3.8, 4) is 11.3 Å². The number of furan rings is 1. The molecule has 0 saturated carbocycles. The number of carbonyl (C=O) groups is 2. The highest BCUT2D eigenvalue weighted by Gasteiger charge is 2.26. The first-order valence-corrected chi connectivity index (χ1v) is 10.9. The van der Waals surface area contributed by atoms with Gasteiger partial charge >= 0.3 is 0 Å². The molecule has 4 aromatic rings. The molecule has 1 N–H and O–H groups in total. The van der Waals surface area contributed by atoms with Crippen LogP contribution in [0.25, 0.3) is 22.2 Å². The number of nitrogens with one attached hydrogen (secondary N) is 1. The van der Waals surface area contributed by atoms with E-state index in [1.807, 2.05) is 24.3 Å². The number of amides is 2. The minimum absolute atomic E-state index is 0.0351. The number of para-hydroxylation sites is 1. The first-order chi connectivity index (χ1) is 16.1. The van der Waals surface area contributed by atoms with E-state index < -0.39 is 0 Å². The predicted molar refractivity (Wildman–Crippen MR) is 122 cm³/mol. The SMILES string of the molecule is O=C(NC1CCN(C(=O)c2ccoc2)CC1)c1cc(-c2ccc(F)cc2)nc2ccccc12. The van der Waals surface area contributed by atoms with E-state index in [1.165, 1.54) is 24.7 Å². The molecule has 7 heteroatoms. The van der Waals surface area contributed by atoms with Crippen molar-refractivity contribution in [3.05, 3.63) is 90.1 Å². The Morgan fingerprint density at radius 3 is 2.52 bits per heavy atom. The third-order valence-electron chi connectivity index (χ3n) is 5.99. The third kappa shape index (κ3) is 4.35. The Kier molecular flexibility index (Phi) is 5.60.